The molecule has 21 heavy (non-hydrogen) atoms. The number of rotatable bonds is 5. The Labute approximate surface area is 129 Å². The summed E-state index contributed by atoms with van der Waals surface area (Å²) in [5, 5.41) is -0.472. The zero-order valence-electron chi connectivity index (χ0n) is 12.1. The molecule has 0 aliphatic rings. The van der Waals surface area contributed by atoms with Gasteiger partial charge in [-0.2, -0.15) is 0 Å². The molecule has 0 aliphatic heterocycles. The van der Waals surface area contributed by atoms with Gasteiger partial charge in [-0.05, 0) is 25.5 Å². The molecule has 3 atom stereocenters. The molecule has 116 valence electrons. The minimum Gasteiger partial charge on any atom is -0.324 e. The van der Waals surface area contributed by atoms with Gasteiger partial charge in [-0.15, -0.1) is 11.6 Å². The van der Waals surface area contributed by atoms with E-state index in [4.69, 9.17) is 11.6 Å². The van der Waals surface area contributed by atoms with E-state index in [1.165, 1.54) is 6.07 Å². The summed E-state index contributed by atoms with van der Waals surface area (Å²) in [6.07, 6.45) is 2.20. The van der Waals surface area contributed by atoms with Crippen LogP contribution in [0.1, 0.15) is 31.5 Å². The van der Waals surface area contributed by atoms with E-state index in [9.17, 15) is 13.0 Å². The standard InChI is InChI=1S/C14H17ClF2N2OS/c1-8(21(3)20)6-7-19-13-11(18-14(19)9(2)15)5-4-10(16)12(13)17/h4-5,8-9H,6-7H2,1-3H3. The van der Waals surface area contributed by atoms with Gasteiger partial charge >= 0.3 is 0 Å². The highest BCUT2D eigenvalue weighted by Crippen LogP contribution is 2.28. The Morgan fingerprint density at radius 3 is 2.62 bits per heavy atom. The molecule has 1 heterocycles. The number of benzene rings is 1. The fourth-order valence-electron chi connectivity index (χ4n) is 2.18. The summed E-state index contributed by atoms with van der Waals surface area (Å²) in [6, 6.07) is 2.50. The molecule has 3 nitrogen and oxygen atoms in total. The van der Waals surface area contributed by atoms with Crippen molar-refractivity contribution in [3.8, 4) is 0 Å². The fraction of sp³-hybridized carbons (Fsp3) is 0.500. The van der Waals surface area contributed by atoms with Crippen molar-refractivity contribution >= 4 is 33.4 Å². The molecule has 0 amide bonds. The summed E-state index contributed by atoms with van der Waals surface area (Å²) in [5.41, 5.74) is 0.494. The van der Waals surface area contributed by atoms with Crippen molar-refractivity contribution in [1.82, 2.24) is 9.55 Å². The van der Waals surface area contributed by atoms with Gasteiger partial charge in [0.15, 0.2) is 11.6 Å². The van der Waals surface area contributed by atoms with E-state index in [1.54, 1.807) is 17.7 Å². The monoisotopic (exact) mass is 334 g/mol. The molecule has 2 aromatic rings. The van der Waals surface area contributed by atoms with Crippen molar-refractivity contribution in [1.29, 1.82) is 0 Å². The molecule has 0 N–H and O–H groups in total. The molecular formula is C14H17ClF2N2OS. The molecule has 0 radical (unpaired) electrons. The summed E-state index contributed by atoms with van der Waals surface area (Å²) in [6.45, 7) is 3.98. The second kappa shape index (κ2) is 6.40. The lowest BCUT2D eigenvalue weighted by molar-refractivity contribution is 0.508. The third-order valence-corrected chi connectivity index (χ3v) is 5.08. The topological polar surface area (TPSA) is 34.9 Å². The molecular weight excluding hydrogens is 318 g/mol. The highest BCUT2D eigenvalue weighted by Gasteiger charge is 2.20. The SMILES string of the molecule is CC(Cl)c1nc2ccc(F)c(F)c2n1CCC(C)S(C)=O. The van der Waals surface area contributed by atoms with Crippen molar-refractivity contribution < 1.29 is 13.0 Å². The average molecular weight is 335 g/mol. The van der Waals surface area contributed by atoms with Crippen molar-refractivity contribution in [3.63, 3.8) is 0 Å². The lowest BCUT2D eigenvalue weighted by Crippen LogP contribution is -2.15. The molecule has 0 bridgehead atoms. The molecule has 1 aromatic heterocycles. The first-order valence-electron chi connectivity index (χ1n) is 6.63. The quantitative estimate of drug-likeness (QED) is 0.780. The van der Waals surface area contributed by atoms with Crippen LogP contribution >= 0.6 is 11.6 Å². The largest absolute Gasteiger partial charge is 0.324 e. The maximum atomic E-state index is 14.1. The van der Waals surface area contributed by atoms with Crippen LogP contribution in [0, 0.1) is 11.6 Å². The van der Waals surface area contributed by atoms with Gasteiger partial charge in [0.25, 0.3) is 0 Å². The Balaban J connectivity index is 2.50. The Hall–Kier alpha value is -1.01. The molecule has 2 rings (SSSR count). The zero-order valence-corrected chi connectivity index (χ0v) is 13.6. The second-order valence-electron chi connectivity index (χ2n) is 5.06. The van der Waals surface area contributed by atoms with E-state index < -0.39 is 27.8 Å². The second-order valence-corrected chi connectivity index (χ2v) is 7.52. The highest BCUT2D eigenvalue weighted by atomic mass is 35.5. The number of alkyl halides is 1. The number of aryl methyl sites for hydroxylation is 1. The predicted octanol–water partition coefficient (Wildman–Crippen LogP) is 3.77. The minimum atomic E-state index is -0.967. The molecule has 3 unspecified atom stereocenters. The van der Waals surface area contributed by atoms with Crippen LogP contribution < -0.4 is 0 Å². The van der Waals surface area contributed by atoms with E-state index >= 15 is 0 Å². The number of hydrogen-bond donors (Lipinski definition) is 0. The molecule has 0 fully saturated rings. The van der Waals surface area contributed by atoms with Gasteiger partial charge in [0, 0.05) is 28.9 Å². The Kier molecular flexibility index (Phi) is 4.99. The number of hydrogen-bond acceptors (Lipinski definition) is 2. The van der Waals surface area contributed by atoms with E-state index in [2.05, 4.69) is 4.98 Å². The first kappa shape index (κ1) is 16.4. The third-order valence-electron chi connectivity index (χ3n) is 3.51. The number of imidazole rings is 1. The van der Waals surface area contributed by atoms with Crippen LogP contribution in [0.3, 0.4) is 0 Å². The van der Waals surface area contributed by atoms with E-state index in [-0.39, 0.29) is 10.8 Å². The lowest BCUT2D eigenvalue weighted by Gasteiger charge is -2.13. The first-order valence-corrected chi connectivity index (χ1v) is 8.69. The van der Waals surface area contributed by atoms with Crippen LogP contribution in [0.5, 0.6) is 0 Å². The van der Waals surface area contributed by atoms with Crippen LogP contribution in [0.2, 0.25) is 0 Å². The summed E-state index contributed by atoms with van der Waals surface area (Å²) >= 11 is 6.09. The van der Waals surface area contributed by atoms with Gasteiger partial charge in [0.2, 0.25) is 0 Å². The van der Waals surface area contributed by atoms with Crippen LogP contribution in [0.15, 0.2) is 12.1 Å². The Morgan fingerprint density at radius 2 is 2.05 bits per heavy atom. The molecule has 0 saturated heterocycles. The summed E-state index contributed by atoms with van der Waals surface area (Å²) in [5.74, 6) is -1.34. The van der Waals surface area contributed by atoms with Crippen molar-refractivity contribution in [3.05, 3.63) is 29.6 Å². The van der Waals surface area contributed by atoms with Gasteiger partial charge < -0.3 is 4.57 Å². The van der Waals surface area contributed by atoms with Gasteiger partial charge in [0.05, 0.1) is 10.9 Å². The fourth-order valence-corrected chi connectivity index (χ4v) is 2.79. The van der Waals surface area contributed by atoms with Crippen LogP contribution in [-0.4, -0.2) is 25.3 Å². The van der Waals surface area contributed by atoms with Gasteiger partial charge in [0.1, 0.15) is 11.3 Å². The van der Waals surface area contributed by atoms with Crippen molar-refractivity contribution in [2.45, 2.75) is 37.4 Å². The zero-order chi connectivity index (χ0) is 15.7. The van der Waals surface area contributed by atoms with Gasteiger partial charge in [-0.3, -0.25) is 4.21 Å². The minimum absolute atomic E-state index is 0.0439. The predicted molar refractivity (Wildman–Crippen MR) is 82.1 cm³/mol. The number of nitrogens with zero attached hydrogens (tertiary/aromatic N) is 2. The van der Waals surface area contributed by atoms with E-state index in [0.29, 0.717) is 24.3 Å². The van der Waals surface area contributed by atoms with Crippen molar-refractivity contribution in [2.75, 3.05) is 6.26 Å². The average Bonchev–Trinajstić information content (AvgIpc) is 2.79. The van der Waals surface area contributed by atoms with Crippen LogP contribution in [-0.2, 0) is 17.3 Å². The van der Waals surface area contributed by atoms with Crippen molar-refractivity contribution in [2.24, 2.45) is 0 Å². The highest BCUT2D eigenvalue weighted by molar-refractivity contribution is 7.84. The molecule has 0 saturated carbocycles. The Morgan fingerprint density at radius 1 is 1.38 bits per heavy atom. The number of aromatic nitrogens is 2. The van der Waals surface area contributed by atoms with Gasteiger partial charge in [-0.25, -0.2) is 13.8 Å². The van der Waals surface area contributed by atoms with E-state index in [1.807, 2.05) is 6.92 Å². The van der Waals surface area contributed by atoms with Gasteiger partial charge in [-0.1, -0.05) is 6.92 Å². The van der Waals surface area contributed by atoms with E-state index in [0.717, 1.165) is 6.07 Å². The maximum absolute atomic E-state index is 14.1. The summed E-state index contributed by atoms with van der Waals surface area (Å²) in [7, 11) is -0.967. The third kappa shape index (κ3) is 3.26. The molecule has 0 spiro atoms. The molecule has 0 aliphatic carbocycles. The first-order chi connectivity index (χ1) is 9.82. The smallest absolute Gasteiger partial charge is 0.184 e. The molecule has 7 heteroatoms. The number of halogens is 3. The summed E-state index contributed by atoms with van der Waals surface area (Å²) < 4.78 is 40.6. The maximum Gasteiger partial charge on any atom is 0.184 e. The van der Waals surface area contributed by atoms with Crippen LogP contribution in [0.4, 0.5) is 8.78 Å². The summed E-state index contributed by atoms with van der Waals surface area (Å²) in [4.78, 5) is 4.29. The normalized spacial score (nSPS) is 16.1. The Bertz CT molecular complexity index is 687. The van der Waals surface area contributed by atoms with Crippen LogP contribution in [0.25, 0.3) is 11.0 Å². The lowest BCUT2D eigenvalue weighted by atomic mass is 10.2. The number of fused-ring (bicyclic) bond motifs is 1. The molecule has 1 aromatic carbocycles.